The quantitative estimate of drug-likeness (QED) is 0.911. The van der Waals surface area contributed by atoms with Gasteiger partial charge in [-0.1, -0.05) is 6.92 Å². The second kappa shape index (κ2) is 6.35. The van der Waals surface area contributed by atoms with Gasteiger partial charge in [0.05, 0.1) is 24.3 Å². The maximum atomic E-state index is 5.68. The van der Waals surface area contributed by atoms with Crippen LogP contribution in [0.5, 0.6) is 11.5 Å². The van der Waals surface area contributed by atoms with Crippen LogP contribution >= 0.6 is 15.9 Å². The SMILES string of the molecule is CCCNc1cncc(Oc2cncc(Br)c2)c1. The third kappa shape index (κ3) is 3.70. The van der Waals surface area contributed by atoms with Gasteiger partial charge in [0.2, 0.25) is 0 Å². The van der Waals surface area contributed by atoms with Crippen molar-refractivity contribution >= 4 is 21.6 Å². The summed E-state index contributed by atoms with van der Waals surface area (Å²) in [7, 11) is 0. The number of pyridine rings is 2. The van der Waals surface area contributed by atoms with E-state index in [0.29, 0.717) is 11.5 Å². The van der Waals surface area contributed by atoms with Crippen molar-refractivity contribution in [1.82, 2.24) is 9.97 Å². The van der Waals surface area contributed by atoms with Gasteiger partial charge < -0.3 is 10.1 Å². The number of anilines is 1. The molecule has 0 atom stereocenters. The van der Waals surface area contributed by atoms with E-state index in [0.717, 1.165) is 23.1 Å². The monoisotopic (exact) mass is 307 g/mol. The summed E-state index contributed by atoms with van der Waals surface area (Å²) in [5.41, 5.74) is 0.956. The zero-order chi connectivity index (χ0) is 12.8. The Morgan fingerprint density at radius 3 is 2.56 bits per heavy atom. The lowest BCUT2D eigenvalue weighted by Gasteiger charge is -2.08. The molecule has 2 rings (SSSR count). The molecule has 0 fully saturated rings. The molecule has 0 aliphatic heterocycles. The maximum absolute atomic E-state index is 5.68. The molecule has 0 saturated carbocycles. The van der Waals surface area contributed by atoms with Gasteiger partial charge >= 0.3 is 0 Å². The molecule has 0 aliphatic rings. The lowest BCUT2D eigenvalue weighted by molar-refractivity contribution is 0.478. The van der Waals surface area contributed by atoms with E-state index in [-0.39, 0.29) is 0 Å². The average Bonchev–Trinajstić information content (AvgIpc) is 2.37. The smallest absolute Gasteiger partial charge is 0.147 e. The Balaban J connectivity index is 2.09. The van der Waals surface area contributed by atoms with Gasteiger partial charge in [-0.3, -0.25) is 9.97 Å². The molecule has 0 aliphatic carbocycles. The average molecular weight is 308 g/mol. The summed E-state index contributed by atoms with van der Waals surface area (Å²) < 4.78 is 6.57. The zero-order valence-electron chi connectivity index (χ0n) is 10.1. The number of hydrogen-bond donors (Lipinski definition) is 1. The van der Waals surface area contributed by atoms with E-state index in [2.05, 4.69) is 38.1 Å². The van der Waals surface area contributed by atoms with Gasteiger partial charge in [0.1, 0.15) is 11.5 Å². The maximum Gasteiger partial charge on any atom is 0.147 e. The molecular formula is C13H14BrN3O. The van der Waals surface area contributed by atoms with E-state index >= 15 is 0 Å². The van der Waals surface area contributed by atoms with E-state index in [1.165, 1.54) is 0 Å². The molecule has 0 bridgehead atoms. The van der Waals surface area contributed by atoms with Gasteiger partial charge in [-0.25, -0.2) is 0 Å². The Bertz CT molecular complexity index is 519. The van der Waals surface area contributed by atoms with E-state index in [9.17, 15) is 0 Å². The first-order chi connectivity index (χ1) is 8.78. The lowest BCUT2D eigenvalue weighted by atomic mass is 10.3. The lowest BCUT2D eigenvalue weighted by Crippen LogP contribution is -2.00. The van der Waals surface area contributed by atoms with E-state index < -0.39 is 0 Å². The van der Waals surface area contributed by atoms with Gasteiger partial charge in [-0.2, -0.15) is 0 Å². The molecule has 94 valence electrons. The molecule has 2 aromatic heterocycles. The van der Waals surface area contributed by atoms with Gasteiger partial charge in [0.15, 0.2) is 0 Å². The normalized spacial score (nSPS) is 10.1. The summed E-state index contributed by atoms with van der Waals surface area (Å²) in [5.74, 6) is 1.37. The van der Waals surface area contributed by atoms with Crippen molar-refractivity contribution in [3.63, 3.8) is 0 Å². The first-order valence-corrected chi connectivity index (χ1v) is 6.54. The fraction of sp³-hybridized carbons (Fsp3) is 0.231. The molecule has 0 spiro atoms. The van der Waals surface area contributed by atoms with Crippen LogP contribution in [0.1, 0.15) is 13.3 Å². The molecule has 18 heavy (non-hydrogen) atoms. The largest absolute Gasteiger partial charge is 0.454 e. The first-order valence-electron chi connectivity index (χ1n) is 5.75. The molecule has 0 radical (unpaired) electrons. The Kier molecular flexibility index (Phi) is 4.52. The molecule has 0 amide bonds. The highest BCUT2D eigenvalue weighted by Crippen LogP contribution is 2.24. The fourth-order valence-corrected chi connectivity index (χ4v) is 1.77. The molecule has 4 nitrogen and oxygen atoms in total. The third-order valence-corrected chi connectivity index (χ3v) is 2.64. The van der Waals surface area contributed by atoms with Crippen LogP contribution in [0, 0.1) is 0 Å². The number of ether oxygens (including phenoxy) is 1. The molecule has 0 aromatic carbocycles. The van der Waals surface area contributed by atoms with Gasteiger partial charge in [-0.15, -0.1) is 0 Å². The number of rotatable bonds is 5. The Labute approximate surface area is 115 Å². The van der Waals surface area contributed by atoms with Crippen LogP contribution in [-0.2, 0) is 0 Å². The van der Waals surface area contributed by atoms with Gasteiger partial charge in [0, 0.05) is 23.3 Å². The van der Waals surface area contributed by atoms with Crippen molar-refractivity contribution in [3.8, 4) is 11.5 Å². The number of hydrogen-bond acceptors (Lipinski definition) is 4. The van der Waals surface area contributed by atoms with Crippen molar-refractivity contribution in [1.29, 1.82) is 0 Å². The number of nitrogens with one attached hydrogen (secondary N) is 1. The highest BCUT2D eigenvalue weighted by Gasteiger charge is 2.00. The summed E-state index contributed by atoms with van der Waals surface area (Å²) in [4.78, 5) is 8.18. The molecule has 2 aromatic rings. The van der Waals surface area contributed by atoms with Crippen LogP contribution in [0.15, 0.2) is 41.4 Å². The fourth-order valence-electron chi connectivity index (χ4n) is 1.42. The van der Waals surface area contributed by atoms with E-state index in [1.54, 1.807) is 24.8 Å². The van der Waals surface area contributed by atoms with Crippen molar-refractivity contribution < 1.29 is 4.74 Å². The van der Waals surface area contributed by atoms with Gasteiger partial charge in [-0.05, 0) is 28.4 Å². The van der Waals surface area contributed by atoms with Crippen molar-refractivity contribution in [2.45, 2.75) is 13.3 Å². The summed E-state index contributed by atoms with van der Waals surface area (Å²) in [6, 6.07) is 3.78. The summed E-state index contributed by atoms with van der Waals surface area (Å²) in [6.07, 6.45) is 7.90. The zero-order valence-corrected chi connectivity index (χ0v) is 11.6. The Hall–Kier alpha value is -1.62. The Morgan fingerprint density at radius 2 is 1.83 bits per heavy atom. The standard InChI is InChI=1S/C13H14BrN3O/c1-2-3-17-11-5-13(9-16-7-11)18-12-4-10(14)6-15-8-12/h4-9,17H,2-3H2,1H3. The second-order valence-corrected chi connectivity index (χ2v) is 4.69. The highest BCUT2D eigenvalue weighted by molar-refractivity contribution is 9.10. The van der Waals surface area contributed by atoms with Crippen LogP contribution in [0.25, 0.3) is 0 Å². The number of aromatic nitrogens is 2. The number of nitrogens with zero attached hydrogens (tertiary/aromatic N) is 2. The molecule has 5 heteroatoms. The van der Waals surface area contributed by atoms with Crippen LogP contribution in [-0.4, -0.2) is 16.5 Å². The minimum atomic E-state index is 0.679. The van der Waals surface area contributed by atoms with Crippen LogP contribution in [0.2, 0.25) is 0 Å². The van der Waals surface area contributed by atoms with Crippen LogP contribution < -0.4 is 10.1 Å². The third-order valence-electron chi connectivity index (χ3n) is 2.21. The van der Waals surface area contributed by atoms with E-state index in [4.69, 9.17) is 4.74 Å². The van der Waals surface area contributed by atoms with Crippen molar-refractivity contribution in [2.24, 2.45) is 0 Å². The molecule has 2 heterocycles. The topological polar surface area (TPSA) is 47.0 Å². The predicted octanol–water partition coefficient (Wildman–Crippen LogP) is 3.85. The van der Waals surface area contributed by atoms with Crippen LogP contribution in [0.4, 0.5) is 5.69 Å². The highest BCUT2D eigenvalue weighted by atomic mass is 79.9. The van der Waals surface area contributed by atoms with Gasteiger partial charge in [0.25, 0.3) is 0 Å². The minimum absolute atomic E-state index is 0.679. The molecular weight excluding hydrogens is 294 g/mol. The summed E-state index contributed by atoms with van der Waals surface area (Å²) in [5, 5.41) is 3.26. The first kappa shape index (κ1) is 12.8. The summed E-state index contributed by atoms with van der Waals surface area (Å²) in [6.45, 7) is 3.04. The molecule has 1 N–H and O–H groups in total. The van der Waals surface area contributed by atoms with Crippen LogP contribution in [0.3, 0.4) is 0 Å². The van der Waals surface area contributed by atoms with Crippen molar-refractivity contribution in [2.75, 3.05) is 11.9 Å². The second-order valence-electron chi connectivity index (χ2n) is 3.78. The number of halogens is 1. The molecule has 0 saturated heterocycles. The van der Waals surface area contributed by atoms with Crippen molar-refractivity contribution in [3.05, 3.63) is 41.4 Å². The molecule has 0 unspecified atom stereocenters. The Morgan fingerprint density at radius 1 is 1.11 bits per heavy atom. The summed E-state index contributed by atoms with van der Waals surface area (Å²) >= 11 is 3.35. The van der Waals surface area contributed by atoms with E-state index in [1.807, 2.05) is 12.1 Å². The predicted molar refractivity (Wildman–Crippen MR) is 75.0 cm³/mol. The minimum Gasteiger partial charge on any atom is -0.454 e.